The van der Waals surface area contributed by atoms with E-state index in [-0.39, 0.29) is 24.8 Å². The van der Waals surface area contributed by atoms with Crippen LogP contribution in [0.1, 0.15) is 20.3 Å². The summed E-state index contributed by atoms with van der Waals surface area (Å²) in [5.41, 5.74) is 0.356. The molecule has 0 fully saturated rings. The fraction of sp³-hybridized carbons (Fsp3) is 0.500. The number of hydrogen-bond acceptors (Lipinski definition) is 3. The highest BCUT2D eigenvalue weighted by molar-refractivity contribution is 7.88. The van der Waals surface area contributed by atoms with E-state index in [1.165, 1.54) is 22.5 Å². The van der Waals surface area contributed by atoms with Gasteiger partial charge in [0.15, 0.2) is 0 Å². The van der Waals surface area contributed by atoms with Crippen LogP contribution in [0.15, 0.2) is 24.3 Å². The molecule has 0 saturated carbocycles. The molecule has 0 aliphatic carbocycles. The number of nitrogens with one attached hydrogen (secondary N) is 1. The van der Waals surface area contributed by atoms with Crippen molar-refractivity contribution in [3.63, 3.8) is 0 Å². The zero-order chi connectivity index (χ0) is 16.0. The number of rotatable bonds is 7. The Labute approximate surface area is 125 Å². The topological polar surface area (TPSA) is 66.5 Å². The molecule has 0 radical (unpaired) electrons. The molecule has 0 atom stereocenters. The first-order valence-electron chi connectivity index (χ1n) is 6.69. The number of halogens is 1. The summed E-state index contributed by atoms with van der Waals surface area (Å²) in [5, 5.41) is 2.54. The van der Waals surface area contributed by atoms with Crippen molar-refractivity contribution in [2.24, 2.45) is 5.92 Å². The van der Waals surface area contributed by atoms with Gasteiger partial charge in [0.1, 0.15) is 5.82 Å². The Morgan fingerprint density at radius 3 is 2.57 bits per heavy atom. The summed E-state index contributed by atoms with van der Waals surface area (Å²) in [4.78, 5) is 11.8. The lowest BCUT2D eigenvalue weighted by atomic mass is 10.2. The van der Waals surface area contributed by atoms with Gasteiger partial charge < -0.3 is 5.32 Å². The van der Waals surface area contributed by atoms with Crippen molar-refractivity contribution in [1.82, 2.24) is 4.31 Å². The Morgan fingerprint density at radius 2 is 2.05 bits per heavy atom. The van der Waals surface area contributed by atoms with Crippen molar-refractivity contribution in [3.05, 3.63) is 30.1 Å². The molecule has 21 heavy (non-hydrogen) atoms. The number of carbonyl (C=O) groups excluding carboxylic acids is 1. The maximum atomic E-state index is 13.0. The Kier molecular flexibility index (Phi) is 6.29. The van der Waals surface area contributed by atoms with Gasteiger partial charge in [-0.25, -0.2) is 17.1 Å². The van der Waals surface area contributed by atoms with Gasteiger partial charge in [0.25, 0.3) is 0 Å². The first kappa shape index (κ1) is 17.6. The predicted octanol–water partition coefficient (Wildman–Crippen LogP) is 2.07. The molecule has 0 bridgehead atoms. The Hall–Kier alpha value is -1.47. The summed E-state index contributed by atoms with van der Waals surface area (Å²) in [6.45, 7) is 4.29. The average molecular weight is 316 g/mol. The molecule has 0 heterocycles. The van der Waals surface area contributed by atoms with Gasteiger partial charge in [0.05, 0.1) is 6.26 Å². The molecule has 1 amide bonds. The van der Waals surface area contributed by atoms with Crippen molar-refractivity contribution in [2.75, 3.05) is 24.7 Å². The lowest BCUT2D eigenvalue weighted by Gasteiger charge is -2.21. The van der Waals surface area contributed by atoms with Gasteiger partial charge in [-0.05, 0) is 24.1 Å². The predicted molar refractivity (Wildman–Crippen MR) is 80.9 cm³/mol. The quantitative estimate of drug-likeness (QED) is 0.837. The second-order valence-corrected chi connectivity index (χ2v) is 7.31. The van der Waals surface area contributed by atoms with Crippen LogP contribution >= 0.6 is 0 Å². The van der Waals surface area contributed by atoms with E-state index in [1.807, 2.05) is 13.8 Å². The molecule has 118 valence electrons. The van der Waals surface area contributed by atoms with Gasteiger partial charge in [-0.2, -0.15) is 0 Å². The molecule has 1 aromatic carbocycles. The summed E-state index contributed by atoms with van der Waals surface area (Å²) >= 11 is 0. The van der Waals surface area contributed by atoms with Crippen LogP contribution in [0.2, 0.25) is 0 Å². The van der Waals surface area contributed by atoms with Crippen molar-refractivity contribution < 1.29 is 17.6 Å². The van der Waals surface area contributed by atoms with Crippen LogP contribution in [0.4, 0.5) is 10.1 Å². The van der Waals surface area contributed by atoms with Gasteiger partial charge in [-0.3, -0.25) is 4.79 Å². The summed E-state index contributed by atoms with van der Waals surface area (Å²) in [5.74, 6) is -0.616. The highest BCUT2D eigenvalue weighted by Crippen LogP contribution is 2.10. The summed E-state index contributed by atoms with van der Waals surface area (Å²) in [6.07, 6.45) is 1.15. The van der Waals surface area contributed by atoms with E-state index in [1.54, 1.807) is 6.07 Å². The van der Waals surface area contributed by atoms with Crippen molar-refractivity contribution >= 4 is 21.6 Å². The minimum atomic E-state index is -3.34. The fourth-order valence-electron chi connectivity index (χ4n) is 1.82. The SMILES string of the molecule is CC(C)CN(CCC(=O)Nc1cccc(F)c1)S(C)(=O)=O. The molecule has 1 aromatic rings. The van der Waals surface area contributed by atoms with Crippen LogP contribution in [0, 0.1) is 11.7 Å². The van der Waals surface area contributed by atoms with Crippen LogP contribution < -0.4 is 5.32 Å². The number of sulfonamides is 1. The minimum absolute atomic E-state index is 0.0241. The normalized spacial score (nSPS) is 11.9. The first-order valence-corrected chi connectivity index (χ1v) is 8.54. The molecule has 1 rings (SSSR count). The van der Waals surface area contributed by atoms with Gasteiger partial charge in [0.2, 0.25) is 15.9 Å². The van der Waals surface area contributed by atoms with E-state index in [0.29, 0.717) is 12.2 Å². The standard InChI is InChI=1S/C14H21FN2O3S/c1-11(2)10-17(21(3,19)20)8-7-14(18)16-13-6-4-5-12(15)9-13/h4-6,9,11H,7-8,10H2,1-3H3,(H,16,18). The average Bonchev–Trinajstić information content (AvgIpc) is 2.32. The van der Waals surface area contributed by atoms with Gasteiger partial charge >= 0.3 is 0 Å². The molecule has 0 aliphatic heterocycles. The van der Waals surface area contributed by atoms with Crippen LogP contribution in [0.3, 0.4) is 0 Å². The monoisotopic (exact) mass is 316 g/mol. The maximum absolute atomic E-state index is 13.0. The number of hydrogen-bond donors (Lipinski definition) is 1. The highest BCUT2D eigenvalue weighted by Gasteiger charge is 2.18. The van der Waals surface area contributed by atoms with Crippen molar-refractivity contribution in [3.8, 4) is 0 Å². The van der Waals surface area contributed by atoms with Gasteiger partial charge in [0, 0.05) is 25.2 Å². The van der Waals surface area contributed by atoms with E-state index in [4.69, 9.17) is 0 Å². The number of amides is 1. The molecule has 0 spiro atoms. The molecule has 5 nitrogen and oxygen atoms in total. The van der Waals surface area contributed by atoms with Crippen LogP contribution in [0.25, 0.3) is 0 Å². The molecule has 0 unspecified atom stereocenters. The van der Waals surface area contributed by atoms with E-state index in [2.05, 4.69) is 5.32 Å². The number of carbonyl (C=O) groups is 1. The van der Waals surface area contributed by atoms with Crippen LogP contribution in [-0.2, 0) is 14.8 Å². The van der Waals surface area contributed by atoms with E-state index >= 15 is 0 Å². The van der Waals surface area contributed by atoms with E-state index < -0.39 is 15.8 Å². The zero-order valence-electron chi connectivity index (χ0n) is 12.5. The Bertz CT molecular complexity index is 588. The fourth-order valence-corrected chi connectivity index (χ4v) is 2.81. The molecule has 0 saturated heterocycles. The third kappa shape index (κ3) is 6.68. The highest BCUT2D eigenvalue weighted by atomic mass is 32.2. The number of anilines is 1. The summed E-state index contributed by atoms with van der Waals surface area (Å²) in [7, 11) is -3.34. The van der Waals surface area contributed by atoms with Crippen molar-refractivity contribution in [2.45, 2.75) is 20.3 Å². The third-order valence-electron chi connectivity index (χ3n) is 2.73. The molecular weight excluding hydrogens is 295 g/mol. The van der Waals surface area contributed by atoms with E-state index in [0.717, 1.165) is 6.26 Å². The molecule has 0 aromatic heterocycles. The lowest BCUT2D eigenvalue weighted by molar-refractivity contribution is -0.116. The van der Waals surface area contributed by atoms with E-state index in [9.17, 15) is 17.6 Å². The van der Waals surface area contributed by atoms with Gasteiger partial charge in [-0.15, -0.1) is 0 Å². The first-order chi connectivity index (χ1) is 9.68. The largest absolute Gasteiger partial charge is 0.326 e. The van der Waals surface area contributed by atoms with Crippen molar-refractivity contribution in [1.29, 1.82) is 0 Å². The molecular formula is C14H21FN2O3S. The smallest absolute Gasteiger partial charge is 0.225 e. The Balaban J connectivity index is 2.57. The lowest BCUT2D eigenvalue weighted by Crippen LogP contribution is -2.35. The third-order valence-corrected chi connectivity index (χ3v) is 4.00. The molecule has 7 heteroatoms. The van der Waals surface area contributed by atoms with Crippen LogP contribution in [0.5, 0.6) is 0 Å². The summed E-state index contributed by atoms with van der Waals surface area (Å²) < 4.78 is 37.5. The minimum Gasteiger partial charge on any atom is -0.326 e. The maximum Gasteiger partial charge on any atom is 0.225 e. The second kappa shape index (κ2) is 7.51. The summed E-state index contributed by atoms with van der Waals surface area (Å²) in [6, 6.07) is 5.56. The molecule has 1 N–H and O–H groups in total. The molecule has 0 aliphatic rings. The van der Waals surface area contributed by atoms with Gasteiger partial charge in [-0.1, -0.05) is 19.9 Å². The Morgan fingerprint density at radius 1 is 1.38 bits per heavy atom. The second-order valence-electron chi connectivity index (χ2n) is 5.32. The number of benzene rings is 1. The van der Waals surface area contributed by atoms with Crippen LogP contribution in [-0.4, -0.2) is 38.0 Å². The number of nitrogens with zero attached hydrogens (tertiary/aromatic N) is 1. The zero-order valence-corrected chi connectivity index (χ0v) is 13.3.